The highest BCUT2D eigenvalue weighted by atomic mass is 14.0. The van der Waals surface area contributed by atoms with Gasteiger partial charge in [-0.15, -0.1) is 0 Å². The second kappa shape index (κ2) is 29.5. The molecule has 0 saturated heterocycles. The first-order valence-electron chi connectivity index (χ1n) is 14.6. The third kappa shape index (κ3) is 29.5. The van der Waals surface area contributed by atoms with E-state index in [1.54, 1.807) is 6.08 Å². The van der Waals surface area contributed by atoms with Gasteiger partial charge in [-0.1, -0.05) is 186 Å². The molecule has 31 heavy (non-hydrogen) atoms. The van der Waals surface area contributed by atoms with Crippen molar-refractivity contribution in [3.63, 3.8) is 0 Å². The normalized spacial score (nSPS) is 11.5. The second-order valence-electron chi connectivity index (χ2n) is 9.89. The van der Waals surface area contributed by atoms with Crippen molar-refractivity contribution in [1.29, 1.82) is 0 Å². The molecule has 0 spiro atoms. The van der Waals surface area contributed by atoms with Gasteiger partial charge in [0.15, 0.2) is 0 Å². The van der Waals surface area contributed by atoms with Crippen LogP contribution in [0.5, 0.6) is 0 Å². The average molecular weight is 432 g/mol. The van der Waals surface area contributed by atoms with Gasteiger partial charge in [0.2, 0.25) is 0 Å². The summed E-state index contributed by atoms with van der Waals surface area (Å²) in [5, 5.41) is 0. The first-order chi connectivity index (χ1) is 15.4. The first-order valence-corrected chi connectivity index (χ1v) is 14.6. The molecule has 1 radical (unpaired) electrons. The zero-order valence-corrected chi connectivity index (χ0v) is 21.7. The molecule has 0 aromatic heterocycles. The van der Waals surface area contributed by atoms with Crippen molar-refractivity contribution >= 4 is 0 Å². The van der Waals surface area contributed by atoms with Crippen LogP contribution in [0.25, 0.3) is 0 Å². The van der Waals surface area contributed by atoms with Gasteiger partial charge in [-0.3, -0.25) is 0 Å². The average Bonchev–Trinajstić information content (AvgIpc) is 2.78. The summed E-state index contributed by atoms with van der Waals surface area (Å²) in [7, 11) is 0. The van der Waals surface area contributed by atoms with E-state index in [2.05, 4.69) is 13.0 Å². The molecule has 0 rings (SSSR count). The van der Waals surface area contributed by atoms with Crippen molar-refractivity contribution in [3.8, 4) is 0 Å². The van der Waals surface area contributed by atoms with Crippen molar-refractivity contribution in [2.45, 2.75) is 174 Å². The van der Waals surface area contributed by atoms with Gasteiger partial charge in [-0.2, -0.15) is 0 Å². The van der Waals surface area contributed by atoms with Gasteiger partial charge >= 0.3 is 0 Å². The van der Waals surface area contributed by atoms with E-state index in [-0.39, 0.29) is 0 Å². The summed E-state index contributed by atoms with van der Waals surface area (Å²) < 4.78 is 0. The van der Waals surface area contributed by atoms with Crippen LogP contribution in [0.3, 0.4) is 0 Å². The van der Waals surface area contributed by atoms with Gasteiger partial charge in [-0.05, 0) is 12.8 Å². The fourth-order valence-corrected chi connectivity index (χ4v) is 4.58. The van der Waals surface area contributed by atoms with Crippen LogP contribution in [0.4, 0.5) is 0 Å². The van der Waals surface area contributed by atoms with Gasteiger partial charge in [0, 0.05) is 0 Å². The molecule has 0 nitrogen and oxygen atoms in total. The van der Waals surface area contributed by atoms with Crippen LogP contribution < -0.4 is 0 Å². The van der Waals surface area contributed by atoms with Crippen LogP contribution in [-0.4, -0.2) is 0 Å². The van der Waals surface area contributed by atoms with E-state index >= 15 is 0 Å². The first kappa shape index (κ1) is 30.5. The summed E-state index contributed by atoms with van der Waals surface area (Å²) in [5.41, 5.74) is 0. The molecular weight excluding hydrogens is 372 g/mol. The Morgan fingerprint density at radius 2 is 0.645 bits per heavy atom. The van der Waals surface area contributed by atoms with E-state index in [9.17, 15) is 0 Å². The van der Waals surface area contributed by atoms with E-state index in [4.69, 9.17) is 6.58 Å². The Labute approximate surface area is 198 Å². The second-order valence-corrected chi connectivity index (χ2v) is 9.89. The number of rotatable bonds is 27. The quantitative estimate of drug-likeness (QED) is 0.0895. The summed E-state index contributed by atoms with van der Waals surface area (Å²) in [4.78, 5) is 0. The van der Waals surface area contributed by atoms with E-state index in [1.807, 2.05) is 6.08 Å². The van der Waals surface area contributed by atoms with Crippen molar-refractivity contribution in [2.24, 2.45) is 0 Å². The van der Waals surface area contributed by atoms with Gasteiger partial charge in [-0.25, -0.2) is 0 Å². The molecule has 0 atom stereocenters. The lowest BCUT2D eigenvalue weighted by molar-refractivity contribution is 0.516. The summed E-state index contributed by atoms with van der Waals surface area (Å²) in [6, 6.07) is 0. The molecule has 0 N–H and O–H groups in total. The molecule has 0 aromatic rings. The standard InChI is InChI=1S/C31H59/c1-3-5-7-9-11-13-15-17-19-21-23-25-27-29-31-30-28-26-24-22-20-18-16-14-12-10-8-6-4-2/h1,3,5,7H,4,6,8-31H2,2H3. The number of hydrogen-bond acceptors (Lipinski definition) is 0. The Balaban J connectivity index is 3.00. The van der Waals surface area contributed by atoms with E-state index < -0.39 is 0 Å². The fourth-order valence-electron chi connectivity index (χ4n) is 4.58. The maximum absolute atomic E-state index is 5.32. The van der Waals surface area contributed by atoms with Crippen LogP contribution >= 0.6 is 0 Å². The largest absolute Gasteiger partial charge is 0.0845 e. The zero-order valence-electron chi connectivity index (χ0n) is 21.7. The molecular formula is C31H59. The molecule has 0 heteroatoms. The maximum Gasteiger partial charge on any atom is -0.0348 e. The smallest absolute Gasteiger partial charge is 0.0348 e. The summed E-state index contributed by atoms with van der Waals surface area (Å²) in [6.45, 7) is 7.62. The minimum atomic E-state index is 1.19. The van der Waals surface area contributed by atoms with Crippen LogP contribution in [0.1, 0.15) is 174 Å². The third-order valence-electron chi connectivity index (χ3n) is 6.72. The van der Waals surface area contributed by atoms with Crippen molar-refractivity contribution < 1.29 is 0 Å². The molecule has 0 amide bonds. The lowest BCUT2D eigenvalue weighted by Gasteiger charge is -2.04. The monoisotopic (exact) mass is 431 g/mol. The maximum atomic E-state index is 5.32. The highest BCUT2D eigenvalue weighted by Crippen LogP contribution is 2.15. The third-order valence-corrected chi connectivity index (χ3v) is 6.72. The van der Waals surface area contributed by atoms with Crippen LogP contribution in [-0.2, 0) is 0 Å². The minimum Gasteiger partial charge on any atom is -0.0845 e. The molecule has 0 unspecified atom stereocenters. The topological polar surface area (TPSA) is 0 Å². The van der Waals surface area contributed by atoms with Crippen molar-refractivity contribution in [3.05, 3.63) is 24.8 Å². The molecule has 0 aliphatic carbocycles. The minimum absolute atomic E-state index is 1.19. The SMILES string of the molecule is [CH]=CC=CCCCCCCCCCCCCCCCCCCCCCCCCCCC. The van der Waals surface area contributed by atoms with Crippen LogP contribution in [0.2, 0.25) is 0 Å². The predicted octanol–water partition coefficient (Wildman–Crippen LogP) is 11.7. The lowest BCUT2D eigenvalue weighted by atomic mass is 10.0. The molecule has 183 valence electrons. The lowest BCUT2D eigenvalue weighted by Crippen LogP contribution is -1.84. The summed E-state index contributed by atoms with van der Waals surface area (Å²) >= 11 is 0. The highest BCUT2D eigenvalue weighted by molar-refractivity contribution is 4.95. The molecule has 0 fully saturated rings. The Hall–Kier alpha value is -0.520. The highest BCUT2D eigenvalue weighted by Gasteiger charge is 1.96. The van der Waals surface area contributed by atoms with Crippen molar-refractivity contribution in [2.75, 3.05) is 0 Å². The van der Waals surface area contributed by atoms with Gasteiger partial charge in [0.05, 0.1) is 0 Å². The van der Waals surface area contributed by atoms with Crippen LogP contribution in [0, 0.1) is 6.58 Å². The fraction of sp³-hybridized carbons (Fsp3) is 0.871. The predicted molar refractivity (Wildman–Crippen MR) is 144 cm³/mol. The van der Waals surface area contributed by atoms with Gasteiger partial charge in [0.25, 0.3) is 0 Å². The molecule has 0 heterocycles. The Morgan fingerprint density at radius 1 is 0.387 bits per heavy atom. The summed E-state index contributed by atoms with van der Waals surface area (Å²) in [6.07, 6.45) is 43.4. The van der Waals surface area contributed by atoms with E-state index in [0.717, 1.165) is 0 Å². The van der Waals surface area contributed by atoms with E-state index in [1.165, 1.54) is 167 Å². The zero-order chi connectivity index (χ0) is 22.5. The molecule has 0 aliphatic rings. The van der Waals surface area contributed by atoms with Crippen LogP contribution in [0.15, 0.2) is 18.2 Å². The van der Waals surface area contributed by atoms with E-state index in [0.29, 0.717) is 0 Å². The van der Waals surface area contributed by atoms with Gasteiger partial charge in [0.1, 0.15) is 0 Å². The van der Waals surface area contributed by atoms with Crippen molar-refractivity contribution in [1.82, 2.24) is 0 Å². The Kier molecular flexibility index (Phi) is 29.0. The number of hydrogen-bond donors (Lipinski definition) is 0. The number of unbranched alkanes of at least 4 members (excludes halogenated alkanes) is 25. The van der Waals surface area contributed by atoms with Gasteiger partial charge < -0.3 is 0 Å². The Morgan fingerprint density at radius 3 is 0.903 bits per heavy atom. The Bertz CT molecular complexity index is 340. The molecule has 0 saturated carbocycles. The molecule has 0 bridgehead atoms. The number of allylic oxidation sites excluding steroid dienone is 3. The summed E-state index contributed by atoms with van der Waals surface area (Å²) in [5.74, 6) is 0. The molecule has 0 aromatic carbocycles. The molecule has 0 aliphatic heterocycles.